The molecule has 2 aromatic rings. The minimum atomic E-state index is -0.648. The van der Waals surface area contributed by atoms with Crippen molar-refractivity contribution in [1.29, 1.82) is 0 Å². The molecule has 0 atom stereocenters. The molecule has 5 nitrogen and oxygen atoms in total. The zero-order valence-corrected chi connectivity index (χ0v) is 8.06. The third kappa shape index (κ3) is 1.20. The molecule has 0 amide bonds. The Bertz CT molecular complexity index is 602. The third-order valence-corrected chi connectivity index (χ3v) is 2.37. The molecule has 0 saturated heterocycles. The van der Waals surface area contributed by atoms with Crippen molar-refractivity contribution in [2.45, 2.75) is 0 Å². The van der Waals surface area contributed by atoms with E-state index in [1.807, 2.05) is 0 Å². The van der Waals surface area contributed by atoms with Crippen LogP contribution < -0.4 is 11.3 Å². The number of nitrogens with zero attached hydrogens (tertiary/aromatic N) is 1. The van der Waals surface area contributed by atoms with Crippen molar-refractivity contribution in [3.8, 4) is 11.5 Å². The first-order chi connectivity index (χ1) is 7.02. The molecule has 0 unspecified atom stereocenters. The molecular weight excluding hydrogens is 196 g/mol. The lowest BCUT2D eigenvalue weighted by Gasteiger charge is -2.08. The highest BCUT2D eigenvalue weighted by molar-refractivity contribution is 5.89. The predicted molar refractivity (Wildman–Crippen MR) is 56.9 cm³/mol. The lowest BCUT2D eigenvalue weighted by molar-refractivity contribution is 0.399. The van der Waals surface area contributed by atoms with Crippen LogP contribution in [0, 0.1) is 0 Å². The number of hydrogen-bond donors (Lipinski definition) is 3. The molecule has 15 heavy (non-hydrogen) atoms. The molecule has 2 rings (SSSR count). The van der Waals surface area contributed by atoms with Crippen LogP contribution in [0.5, 0.6) is 11.5 Å². The Labute approximate surface area is 85.0 Å². The van der Waals surface area contributed by atoms with Gasteiger partial charge in [-0.3, -0.25) is 4.79 Å². The summed E-state index contributed by atoms with van der Waals surface area (Å²) in [6.45, 7) is 0. The van der Waals surface area contributed by atoms with E-state index in [9.17, 15) is 15.0 Å². The smallest absolute Gasteiger partial charge is 0.296 e. The molecule has 0 spiro atoms. The van der Waals surface area contributed by atoms with E-state index in [1.165, 1.54) is 11.6 Å². The quantitative estimate of drug-likeness (QED) is 0.548. The fraction of sp³-hybridized carbons (Fsp3) is 0.100. The zero-order valence-electron chi connectivity index (χ0n) is 8.06. The van der Waals surface area contributed by atoms with Crippen LogP contribution in [0.25, 0.3) is 10.9 Å². The molecule has 0 bridgehead atoms. The van der Waals surface area contributed by atoms with Gasteiger partial charge >= 0.3 is 0 Å². The van der Waals surface area contributed by atoms with Crippen LogP contribution in [0.15, 0.2) is 23.0 Å². The van der Waals surface area contributed by atoms with Crippen molar-refractivity contribution in [2.24, 2.45) is 7.05 Å². The van der Waals surface area contributed by atoms with Gasteiger partial charge in [0.05, 0.1) is 5.52 Å². The summed E-state index contributed by atoms with van der Waals surface area (Å²) in [5, 5.41) is 19.3. The summed E-state index contributed by atoms with van der Waals surface area (Å²) in [7, 11) is 1.50. The summed E-state index contributed by atoms with van der Waals surface area (Å²) in [6, 6.07) is 4.71. The number of anilines is 1. The molecule has 5 heteroatoms. The van der Waals surface area contributed by atoms with Crippen LogP contribution in [-0.4, -0.2) is 14.8 Å². The maximum Gasteiger partial charge on any atom is 0.296 e. The van der Waals surface area contributed by atoms with Crippen LogP contribution in [0.4, 0.5) is 5.69 Å². The van der Waals surface area contributed by atoms with Crippen LogP contribution in [0.3, 0.4) is 0 Å². The van der Waals surface area contributed by atoms with Crippen LogP contribution in [0.2, 0.25) is 0 Å². The highest BCUT2D eigenvalue weighted by Gasteiger charge is 2.12. The van der Waals surface area contributed by atoms with Crippen molar-refractivity contribution in [3.05, 3.63) is 28.6 Å². The van der Waals surface area contributed by atoms with Crippen molar-refractivity contribution >= 4 is 16.6 Å². The number of nitrogens with two attached hydrogens (primary N) is 1. The van der Waals surface area contributed by atoms with Crippen molar-refractivity contribution in [2.75, 3.05) is 5.73 Å². The minimum absolute atomic E-state index is 0.392. The molecule has 0 aliphatic rings. The Morgan fingerprint density at radius 1 is 1.27 bits per heavy atom. The first kappa shape index (κ1) is 9.39. The Kier molecular flexibility index (Phi) is 1.82. The van der Waals surface area contributed by atoms with E-state index in [0.29, 0.717) is 16.6 Å². The van der Waals surface area contributed by atoms with Gasteiger partial charge in [-0.25, -0.2) is 0 Å². The Morgan fingerprint density at radius 3 is 2.60 bits per heavy atom. The number of aromatic nitrogens is 1. The number of hydrogen-bond acceptors (Lipinski definition) is 4. The van der Waals surface area contributed by atoms with Gasteiger partial charge in [0.2, 0.25) is 5.75 Å². The molecule has 0 aliphatic heterocycles. The van der Waals surface area contributed by atoms with Gasteiger partial charge in [-0.2, -0.15) is 0 Å². The van der Waals surface area contributed by atoms with E-state index in [4.69, 9.17) is 5.73 Å². The Morgan fingerprint density at radius 2 is 1.93 bits per heavy atom. The van der Waals surface area contributed by atoms with Crippen LogP contribution in [-0.2, 0) is 7.05 Å². The Hall–Kier alpha value is -2.17. The van der Waals surface area contributed by atoms with Gasteiger partial charge in [-0.15, -0.1) is 0 Å². The van der Waals surface area contributed by atoms with E-state index >= 15 is 0 Å². The van der Waals surface area contributed by atoms with Crippen molar-refractivity contribution in [3.63, 3.8) is 0 Å². The van der Waals surface area contributed by atoms with Crippen molar-refractivity contribution in [1.82, 2.24) is 4.57 Å². The molecule has 0 fully saturated rings. The van der Waals surface area contributed by atoms with E-state index in [0.717, 1.165) is 0 Å². The predicted octanol–water partition coefficient (Wildman–Crippen LogP) is 0.532. The Balaban J connectivity index is 3.07. The average molecular weight is 206 g/mol. The minimum Gasteiger partial charge on any atom is -0.504 e. The molecule has 1 heterocycles. The summed E-state index contributed by atoms with van der Waals surface area (Å²) in [5.74, 6) is -1.05. The molecule has 4 N–H and O–H groups in total. The molecule has 1 aromatic heterocycles. The summed E-state index contributed by atoms with van der Waals surface area (Å²) >= 11 is 0. The lowest BCUT2D eigenvalue weighted by Crippen LogP contribution is -2.16. The third-order valence-electron chi connectivity index (χ3n) is 2.37. The second kappa shape index (κ2) is 2.91. The van der Waals surface area contributed by atoms with Gasteiger partial charge in [0, 0.05) is 18.1 Å². The second-order valence-electron chi connectivity index (χ2n) is 3.34. The topological polar surface area (TPSA) is 88.5 Å². The average Bonchev–Trinajstić information content (AvgIpc) is 2.23. The van der Waals surface area contributed by atoms with E-state index in [-0.39, 0.29) is 0 Å². The number of benzene rings is 1. The van der Waals surface area contributed by atoms with Gasteiger partial charge in [0.25, 0.3) is 5.56 Å². The summed E-state index contributed by atoms with van der Waals surface area (Å²) in [6.07, 6.45) is 0. The largest absolute Gasteiger partial charge is 0.504 e. The van der Waals surface area contributed by atoms with Crippen LogP contribution >= 0.6 is 0 Å². The lowest BCUT2D eigenvalue weighted by atomic mass is 10.1. The molecule has 0 saturated carbocycles. The molecular formula is C10H10N2O3. The van der Waals surface area contributed by atoms with Gasteiger partial charge in [0.1, 0.15) is 0 Å². The number of fused-ring (bicyclic) bond motifs is 1. The summed E-state index contributed by atoms with van der Waals surface area (Å²) < 4.78 is 1.24. The van der Waals surface area contributed by atoms with Gasteiger partial charge in [0.15, 0.2) is 5.75 Å². The number of rotatable bonds is 0. The second-order valence-corrected chi connectivity index (χ2v) is 3.34. The first-order valence-corrected chi connectivity index (χ1v) is 4.32. The monoisotopic (exact) mass is 206 g/mol. The van der Waals surface area contributed by atoms with E-state index in [1.54, 1.807) is 18.2 Å². The highest BCUT2D eigenvalue weighted by Crippen LogP contribution is 2.30. The van der Waals surface area contributed by atoms with Gasteiger partial charge < -0.3 is 20.5 Å². The fourth-order valence-corrected chi connectivity index (χ4v) is 1.52. The maximum absolute atomic E-state index is 11.4. The number of aromatic hydroxyl groups is 2. The van der Waals surface area contributed by atoms with Crippen LogP contribution in [0.1, 0.15) is 0 Å². The maximum atomic E-state index is 11.4. The van der Waals surface area contributed by atoms with E-state index in [2.05, 4.69) is 0 Å². The molecule has 0 aliphatic carbocycles. The number of nitrogen functional groups attached to an aromatic ring is 1. The molecule has 0 radical (unpaired) electrons. The molecule has 1 aromatic carbocycles. The fourth-order valence-electron chi connectivity index (χ4n) is 1.52. The van der Waals surface area contributed by atoms with Gasteiger partial charge in [-0.05, 0) is 18.2 Å². The normalized spacial score (nSPS) is 10.7. The van der Waals surface area contributed by atoms with E-state index < -0.39 is 17.1 Å². The number of aryl methyl sites for hydroxylation is 1. The standard InChI is InChI=1S/C10H10N2O3/c1-12-7-4-5(11)2-3-6(7)8(13)9(14)10(12)15/h2-4,13-14H,11H2,1H3. The SMILES string of the molecule is Cn1c(=O)c(O)c(O)c2ccc(N)cc21. The number of pyridine rings is 1. The van der Waals surface area contributed by atoms with Crippen molar-refractivity contribution < 1.29 is 10.2 Å². The zero-order chi connectivity index (χ0) is 11.2. The van der Waals surface area contributed by atoms with Gasteiger partial charge in [-0.1, -0.05) is 0 Å². The first-order valence-electron chi connectivity index (χ1n) is 4.32. The summed E-state index contributed by atoms with van der Waals surface area (Å²) in [4.78, 5) is 11.4. The summed E-state index contributed by atoms with van der Waals surface area (Å²) in [5.41, 5.74) is 5.89. The highest BCUT2D eigenvalue weighted by atomic mass is 16.3. The molecule has 78 valence electrons.